The van der Waals surface area contributed by atoms with E-state index in [1.54, 1.807) is 13.0 Å². The second kappa shape index (κ2) is 3.71. The predicted octanol–water partition coefficient (Wildman–Crippen LogP) is 2.69. The molecule has 1 nitrogen and oxygen atoms in total. The molecule has 0 spiro atoms. The van der Waals surface area contributed by atoms with Gasteiger partial charge in [0.05, 0.1) is 0 Å². The third-order valence-electron chi connectivity index (χ3n) is 2.42. The molecule has 0 amide bonds. The summed E-state index contributed by atoms with van der Waals surface area (Å²) < 4.78 is 13.6. The van der Waals surface area contributed by atoms with Gasteiger partial charge in [0.15, 0.2) is 6.17 Å². The quantitative estimate of drug-likeness (QED) is 0.670. The third kappa shape index (κ3) is 1.46. The number of benzene rings is 1. The molecule has 0 aliphatic carbocycles. The van der Waals surface area contributed by atoms with Crippen LogP contribution in [0.3, 0.4) is 0 Å². The van der Waals surface area contributed by atoms with Crippen molar-refractivity contribution in [2.75, 3.05) is 11.9 Å². The monoisotopic (exact) mass is 189 g/mol. The van der Waals surface area contributed by atoms with E-state index in [4.69, 9.17) is 0 Å². The average Bonchev–Trinajstić information content (AvgIpc) is 2.65. The normalized spacial score (nSPS) is 15.0. The van der Waals surface area contributed by atoms with E-state index in [2.05, 4.69) is 17.2 Å². The number of anilines is 1. The van der Waals surface area contributed by atoms with Crippen LogP contribution in [0.4, 0.5) is 10.1 Å². The second-order valence-corrected chi connectivity index (χ2v) is 3.32. The molecule has 0 saturated carbocycles. The van der Waals surface area contributed by atoms with E-state index in [1.165, 1.54) is 5.56 Å². The smallest absolute Gasteiger partial charge is 0.187 e. The molecule has 2 heteroatoms. The lowest BCUT2D eigenvalue weighted by molar-refractivity contribution is 0.429. The number of alkyl halides is 1. The van der Waals surface area contributed by atoms with Crippen molar-refractivity contribution in [3.05, 3.63) is 29.3 Å². The molecule has 1 heterocycles. The van der Waals surface area contributed by atoms with Gasteiger partial charge in [-0.3, -0.25) is 0 Å². The van der Waals surface area contributed by atoms with Crippen LogP contribution in [0.25, 0.3) is 0 Å². The number of rotatable bonds is 1. The summed E-state index contributed by atoms with van der Waals surface area (Å²) in [7, 11) is 0. The van der Waals surface area contributed by atoms with Gasteiger partial charge in [0.1, 0.15) is 0 Å². The summed E-state index contributed by atoms with van der Waals surface area (Å²) in [6, 6.07) is 5.72. The number of halogens is 1. The van der Waals surface area contributed by atoms with Crippen molar-refractivity contribution in [2.24, 2.45) is 0 Å². The van der Waals surface area contributed by atoms with Crippen molar-refractivity contribution >= 4 is 5.69 Å². The maximum Gasteiger partial charge on any atom is 0.187 e. The van der Waals surface area contributed by atoms with E-state index >= 15 is 0 Å². The van der Waals surface area contributed by atoms with Gasteiger partial charge in [0.2, 0.25) is 0 Å². The molecule has 0 saturated heterocycles. The van der Waals surface area contributed by atoms with Gasteiger partial charge >= 0.3 is 0 Å². The van der Waals surface area contributed by atoms with E-state index in [0.29, 0.717) is 5.56 Å². The minimum absolute atomic E-state index is 0.675. The number of hydrogen-bond acceptors (Lipinski definition) is 1. The highest BCUT2D eigenvalue weighted by atomic mass is 19.1. The van der Waals surface area contributed by atoms with Crippen molar-refractivity contribution in [1.82, 2.24) is 0 Å². The van der Waals surface area contributed by atoms with Crippen molar-refractivity contribution in [3.63, 3.8) is 0 Å². The molecule has 0 aromatic heterocycles. The first kappa shape index (κ1) is 9.08. The lowest BCUT2D eigenvalue weighted by Gasteiger charge is -2.08. The maximum absolute atomic E-state index is 13.6. The highest BCUT2D eigenvalue weighted by Crippen LogP contribution is 2.32. The fourth-order valence-electron chi connectivity index (χ4n) is 1.78. The first-order valence-electron chi connectivity index (χ1n) is 4.75. The zero-order chi connectivity index (χ0) is 9.97. The van der Waals surface area contributed by atoms with E-state index in [9.17, 15) is 4.39 Å². The molecular formula is C12H12FN. The highest BCUT2D eigenvalue weighted by molar-refractivity contribution is 5.62. The fourth-order valence-corrected chi connectivity index (χ4v) is 1.78. The van der Waals surface area contributed by atoms with Gasteiger partial charge < -0.3 is 5.32 Å². The summed E-state index contributed by atoms with van der Waals surface area (Å²) in [6.45, 7) is 2.56. The van der Waals surface area contributed by atoms with Crippen molar-refractivity contribution < 1.29 is 4.39 Å². The lowest BCUT2D eigenvalue weighted by atomic mass is 10.0. The second-order valence-electron chi connectivity index (χ2n) is 3.32. The van der Waals surface area contributed by atoms with Crippen LogP contribution in [0.15, 0.2) is 18.2 Å². The van der Waals surface area contributed by atoms with Crippen molar-refractivity contribution in [2.45, 2.75) is 19.5 Å². The molecule has 2 rings (SSSR count). The molecule has 0 radical (unpaired) electrons. The minimum atomic E-state index is -1.17. The van der Waals surface area contributed by atoms with E-state index < -0.39 is 6.17 Å². The Morgan fingerprint density at radius 3 is 3.14 bits per heavy atom. The molecule has 1 unspecified atom stereocenters. The van der Waals surface area contributed by atoms with Gasteiger partial charge in [-0.2, -0.15) is 0 Å². The molecule has 1 N–H and O–H groups in total. The Kier molecular flexibility index (Phi) is 2.41. The Morgan fingerprint density at radius 2 is 2.36 bits per heavy atom. The molecule has 0 bridgehead atoms. The topological polar surface area (TPSA) is 12.0 Å². The Morgan fingerprint density at radius 1 is 1.50 bits per heavy atom. The summed E-state index contributed by atoms with van der Waals surface area (Å²) in [5.41, 5.74) is 2.82. The molecule has 1 atom stereocenters. The van der Waals surface area contributed by atoms with Crippen LogP contribution in [-0.4, -0.2) is 6.54 Å². The minimum Gasteiger partial charge on any atom is -0.384 e. The summed E-state index contributed by atoms with van der Waals surface area (Å²) in [5.74, 6) is 5.14. The first-order chi connectivity index (χ1) is 6.83. The zero-order valence-corrected chi connectivity index (χ0v) is 8.10. The maximum atomic E-state index is 13.6. The Balaban J connectivity index is 2.42. The van der Waals surface area contributed by atoms with Gasteiger partial charge in [-0.15, -0.1) is 5.92 Å². The van der Waals surface area contributed by atoms with Crippen LogP contribution in [-0.2, 0) is 6.42 Å². The molecule has 1 aliphatic heterocycles. The molecule has 0 fully saturated rings. The van der Waals surface area contributed by atoms with Gasteiger partial charge in [-0.1, -0.05) is 24.1 Å². The van der Waals surface area contributed by atoms with Gasteiger partial charge in [0, 0.05) is 17.8 Å². The number of hydrogen-bond donors (Lipinski definition) is 1. The Labute approximate surface area is 83.3 Å². The average molecular weight is 189 g/mol. The standard InChI is InChI=1S/C12H12FN/c1-2-4-11(13)10-6-3-5-9-7-8-14-12(9)10/h3,5-6,11,14H,7-8H2,1H3. The van der Waals surface area contributed by atoms with E-state index in [-0.39, 0.29) is 0 Å². The van der Waals surface area contributed by atoms with Crippen LogP contribution >= 0.6 is 0 Å². The summed E-state index contributed by atoms with van der Waals surface area (Å²) >= 11 is 0. The van der Waals surface area contributed by atoms with Gasteiger partial charge in [0.25, 0.3) is 0 Å². The number of para-hydroxylation sites is 1. The van der Waals surface area contributed by atoms with Crippen LogP contribution in [0, 0.1) is 11.8 Å². The lowest BCUT2D eigenvalue weighted by Crippen LogP contribution is -1.97. The van der Waals surface area contributed by atoms with Crippen molar-refractivity contribution in [3.8, 4) is 11.8 Å². The van der Waals surface area contributed by atoms with Crippen molar-refractivity contribution in [1.29, 1.82) is 0 Å². The van der Waals surface area contributed by atoms with Gasteiger partial charge in [-0.25, -0.2) is 4.39 Å². The molecule has 1 aromatic rings. The van der Waals surface area contributed by atoms with Crippen LogP contribution in [0.2, 0.25) is 0 Å². The van der Waals surface area contributed by atoms with E-state index in [1.807, 2.05) is 12.1 Å². The molecule has 1 aromatic carbocycles. The fraction of sp³-hybridized carbons (Fsp3) is 0.333. The first-order valence-corrected chi connectivity index (χ1v) is 4.75. The predicted molar refractivity (Wildman–Crippen MR) is 55.9 cm³/mol. The number of fused-ring (bicyclic) bond motifs is 1. The summed E-state index contributed by atoms with van der Waals surface area (Å²) in [4.78, 5) is 0. The van der Waals surface area contributed by atoms with Crippen LogP contribution in [0.1, 0.15) is 24.2 Å². The SMILES string of the molecule is CC#CC(F)c1cccc2c1NCC2. The van der Waals surface area contributed by atoms with Gasteiger partial charge in [-0.05, 0) is 18.9 Å². The molecule has 72 valence electrons. The zero-order valence-electron chi connectivity index (χ0n) is 8.10. The largest absolute Gasteiger partial charge is 0.384 e. The Hall–Kier alpha value is -1.49. The number of nitrogens with one attached hydrogen (secondary N) is 1. The van der Waals surface area contributed by atoms with E-state index in [0.717, 1.165) is 18.7 Å². The summed E-state index contributed by atoms with van der Waals surface area (Å²) in [5, 5.41) is 3.20. The van der Waals surface area contributed by atoms with Crippen LogP contribution in [0.5, 0.6) is 0 Å². The van der Waals surface area contributed by atoms with Crippen LogP contribution < -0.4 is 5.32 Å². The molecule has 14 heavy (non-hydrogen) atoms. The Bertz CT molecular complexity index is 401. The molecular weight excluding hydrogens is 177 g/mol. The highest BCUT2D eigenvalue weighted by Gasteiger charge is 2.18. The third-order valence-corrected chi connectivity index (χ3v) is 2.42. The summed E-state index contributed by atoms with van der Waals surface area (Å²) in [6.07, 6.45) is -0.185. The molecule has 1 aliphatic rings.